The molecule has 1 amide bonds. The first-order chi connectivity index (χ1) is 13.8. The van der Waals surface area contributed by atoms with Crippen molar-refractivity contribution in [1.29, 1.82) is 0 Å². The number of nitrogens with zero attached hydrogens (tertiary/aromatic N) is 1. The van der Waals surface area contributed by atoms with Gasteiger partial charge in [0.2, 0.25) is 0 Å². The monoisotopic (exact) mass is 405 g/mol. The molecular formula is C19H23N3O7. The molecule has 0 unspecified atom stereocenters. The number of hydrogen-bond acceptors (Lipinski definition) is 7. The number of nitrogens with one attached hydrogen (secondary N) is 2. The molecule has 0 spiro atoms. The van der Waals surface area contributed by atoms with Crippen molar-refractivity contribution in [2.24, 2.45) is 5.92 Å². The van der Waals surface area contributed by atoms with Crippen molar-refractivity contribution in [3.8, 4) is 0 Å². The summed E-state index contributed by atoms with van der Waals surface area (Å²) in [5, 5.41) is 5.14. The Morgan fingerprint density at radius 1 is 1.17 bits per heavy atom. The van der Waals surface area contributed by atoms with Gasteiger partial charge in [0.05, 0.1) is 17.9 Å². The lowest BCUT2D eigenvalue weighted by Crippen LogP contribution is -2.47. The van der Waals surface area contributed by atoms with Gasteiger partial charge >= 0.3 is 11.9 Å². The summed E-state index contributed by atoms with van der Waals surface area (Å²) in [6, 6.07) is 5.33. The van der Waals surface area contributed by atoms with Gasteiger partial charge in [0.15, 0.2) is 6.61 Å². The van der Waals surface area contributed by atoms with E-state index in [0.29, 0.717) is 6.42 Å². The minimum absolute atomic E-state index is 0.163. The first-order valence-electron chi connectivity index (χ1n) is 9.03. The number of methoxy groups -OCH3 is 1. The molecule has 10 heteroatoms. The zero-order chi connectivity index (χ0) is 21.6. The van der Waals surface area contributed by atoms with E-state index in [9.17, 15) is 24.0 Å². The van der Waals surface area contributed by atoms with Crippen LogP contribution in [-0.2, 0) is 30.4 Å². The summed E-state index contributed by atoms with van der Waals surface area (Å²) < 4.78 is 10.3. The van der Waals surface area contributed by atoms with Crippen LogP contribution in [-0.4, -0.2) is 47.4 Å². The van der Waals surface area contributed by atoms with Crippen LogP contribution in [0.4, 0.5) is 0 Å². The molecule has 0 aliphatic rings. The van der Waals surface area contributed by atoms with Crippen LogP contribution in [0, 0.1) is 5.92 Å². The molecule has 2 aromatic rings. The molecule has 2 rings (SSSR count). The fourth-order valence-electron chi connectivity index (χ4n) is 2.69. The number of aromatic amines is 1. The number of hydrogen-bond donors (Lipinski definition) is 2. The van der Waals surface area contributed by atoms with Gasteiger partial charge in [-0.15, -0.1) is 0 Å². The summed E-state index contributed by atoms with van der Waals surface area (Å²) in [5.74, 6) is -2.36. The number of rotatable bonds is 8. The minimum atomic E-state index is -0.897. The zero-order valence-corrected chi connectivity index (χ0v) is 16.4. The molecule has 0 bridgehead atoms. The van der Waals surface area contributed by atoms with E-state index in [1.165, 1.54) is 19.2 Å². The van der Waals surface area contributed by atoms with Crippen molar-refractivity contribution in [1.82, 2.24) is 15.1 Å². The molecule has 29 heavy (non-hydrogen) atoms. The molecule has 10 nitrogen and oxygen atoms in total. The van der Waals surface area contributed by atoms with E-state index in [1.807, 2.05) is 6.92 Å². The molecule has 2 atom stereocenters. The number of esters is 2. The highest BCUT2D eigenvalue weighted by Crippen LogP contribution is 2.09. The van der Waals surface area contributed by atoms with Gasteiger partial charge in [0.25, 0.3) is 17.0 Å². The maximum atomic E-state index is 12.4. The third-order valence-corrected chi connectivity index (χ3v) is 4.52. The number of ether oxygens (including phenoxy) is 2. The highest BCUT2D eigenvalue weighted by atomic mass is 16.5. The molecule has 0 aliphatic carbocycles. The normalized spacial score (nSPS) is 12.8. The summed E-state index contributed by atoms with van der Waals surface area (Å²) >= 11 is 0. The molecule has 1 aromatic heterocycles. The number of fused-ring (bicyclic) bond motifs is 1. The Morgan fingerprint density at radius 3 is 2.45 bits per heavy atom. The van der Waals surface area contributed by atoms with Gasteiger partial charge in [-0.1, -0.05) is 32.4 Å². The molecule has 2 N–H and O–H groups in total. The molecule has 156 valence electrons. The van der Waals surface area contributed by atoms with Crippen molar-refractivity contribution in [2.45, 2.75) is 32.9 Å². The molecule has 1 aromatic carbocycles. The van der Waals surface area contributed by atoms with Crippen LogP contribution in [0.2, 0.25) is 0 Å². The number of carbonyl (C=O) groups excluding carboxylic acids is 3. The van der Waals surface area contributed by atoms with Crippen molar-refractivity contribution in [2.75, 3.05) is 13.7 Å². The summed E-state index contributed by atoms with van der Waals surface area (Å²) in [4.78, 5) is 60.2. The summed E-state index contributed by atoms with van der Waals surface area (Å²) in [7, 11) is 1.21. The van der Waals surface area contributed by atoms with Crippen LogP contribution in [0.25, 0.3) is 10.8 Å². The van der Waals surface area contributed by atoms with E-state index >= 15 is 0 Å². The van der Waals surface area contributed by atoms with Gasteiger partial charge in [-0.05, 0) is 18.1 Å². The van der Waals surface area contributed by atoms with Crippen LogP contribution in [0.5, 0.6) is 0 Å². The molecular weight excluding hydrogens is 382 g/mol. The third-order valence-electron chi connectivity index (χ3n) is 4.52. The second kappa shape index (κ2) is 9.67. The van der Waals surface area contributed by atoms with Crippen molar-refractivity contribution >= 4 is 28.6 Å². The fraction of sp³-hybridized carbons (Fsp3) is 0.421. The molecule has 0 fully saturated rings. The van der Waals surface area contributed by atoms with Crippen LogP contribution < -0.4 is 16.4 Å². The van der Waals surface area contributed by atoms with Crippen LogP contribution >= 0.6 is 0 Å². The van der Waals surface area contributed by atoms with Gasteiger partial charge in [-0.25, -0.2) is 9.48 Å². The third kappa shape index (κ3) is 5.31. The van der Waals surface area contributed by atoms with E-state index in [-0.39, 0.29) is 16.7 Å². The SMILES string of the molecule is CC[C@@H](C)[C@H](NC(=O)COC(=O)Cn1[nH]c(=O)c2ccccc2c1=O)C(=O)OC. The lowest BCUT2D eigenvalue weighted by Gasteiger charge is -2.21. The minimum Gasteiger partial charge on any atom is -0.467 e. The van der Waals surface area contributed by atoms with E-state index in [0.717, 1.165) is 4.68 Å². The number of benzene rings is 1. The molecule has 0 aliphatic heterocycles. The Balaban J connectivity index is 2.01. The first kappa shape index (κ1) is 21.9. The van der Waals surface area contributed by atoms with Gasteiger partial charge < -0.3 is 14.8 Å². The predicted molar refractivity (Wildman–Crippen MR) is 103 cm³/mol. The lowest BCUT2D eigenvalue weighted by atomic mass is 9.99. The van der Waals surface area contributed by atoms with E-state index in [4.69, 9.17) is 4.74 Å². The van der Waals surface area contributed by atoms with Crippen molar-refractivity contribution in [3.05, 3.63) is 45.0 Å². The standard InChI is InChI=1S/C19H23N3O7/c1-4-11(2)16(19(27)28-3)20-14(23)10-29-15(24)9-22-18(26)13-8-6-5-7-12(13)17(25)21-22/h5-8,11,16H,4,9-10H2,1-3H3,(H,20,23)(H,21,25)/t11-,16+/m1/s1. The van der Waals surface area contributed by atoms with Gasteiger partial charge in [-0.2, -0.15) is 0 Å². The van der Waals surface area contributed by atoms with E-state index in [1.54, 1.807) is 19.1 Å². The van der Waals surface area contributed by atoms with Crippen molar-refractivity contribution < 1.29 is 23.9 Å². The first-order valence-corrected chi connectivity index (χ1v) is 9.03. The number of aromatic nitrogens is 2. The molecule has 0 radical (unpaired) electrons. The van der Waals surface area contributed by atoms with Crippen LogP contribution in [0.15, 0.2) is 33.9 Å². The Morgan fingerprint density at radius 2 is 1.83 bits per heavy atom. The highest BCUT2D eigenvalue weighted by molar-refractivity contribution is 5.86. The predicted octanol–water partition coefficient (Wildman–Crippen LogP) is -0.0631. The molecule has 1 heterocycles. The summed E-state index contributed by atoms with van der Waals surface area (Å²) in [5.41, 5.74) is -1.09. The van der Waals surface area contributed by atoms with Gasteiger partial charge in [0.1, 0.15) is 12.6 Å². The quantitative estimate of drug-likeness (QED) is 0.587. The van der Waals surface area contributed by atoms with E-state index in [2.05, 4.69) is 15.2 Å². The zero-order valence-electron chi connectivity index (χ0n) is 16.4. The highest BCUT2D eigenvalue weighted by Gasteiger charge is 2.27. The maximum absolute atomic E-state index is 12.4. The largest absolute Gasteiger partial charge is 0.467 e. The number of H-pyrrole nitrogens is 1. The average Bonchev–Trinajstić information content (AvgIpc) is 2.73. The smallest absolute Gasteiger partial charge is 0.328 e. The summed E-state index contributed by atoms with van der Waals surface area (Å²) in [6.45, 7) is 2.42. The second-order valence-electron chi connectivity index (χ2n) is 6.49. The molecule has 0 saturated heterocycles. The lowest BCUT2D eigenvalue weighted by molar-refractivity contribution is -0.151. The van der Waals surface area contributed by atoms with Gasteiger partial charge in [0, 0.05) is 0 Å². The second-order valence-corrected chi connectivity index (χ2v) is 6.49. The Labute approximate surface area is 165 Å². The summed E-state index contributed by atoms with van der Waals surface area (Å²) in [6.07, 6.45) is 0.623. The van der Waals surface area contributed by atoms with Gasteiger partial charge in [-0.3, -0.25) is 24.3 Å². The van der Waals surface area contributed by atoms with Crippen LogP contribution in [0.3, 0.4) is 0 Å². The molecule has 0 saturated carbocycles. The topological polar surface area (TPSA) is 137 Å². The van der Waals surface area contributed by atoms with E-state index < -0.39 is 48.2 Å². The number of carbonyl (C=O) groups is 3. The van der Waals surface area contributed by atoms with Crippen molar-refractivity contribution in [3.63, 3.8) is 0 Å². The Kier molecular flexibility index (Phi) is 7.29. The maximum Gasteiger partial charge on any atom is 0.328 e. The number of amides is 1. The average molecular weight is 405 g/mol. The van der Waals surface area contributed by atoms with Crippen LogP contribution in [0.1, 0.15) is 20.3 Å². The fourth-order valence-corrected chi connectivity index (χ4v) is 2.69. The Hall–Kier alpha value is -3.43. The Bertz CT molecular complexity index is 1020.